The lowest BCUT2D eigenvalue weighted by Crippen LogP contribution is -2.23. The fraction of sp³-hybridized carbons (Fsp3) is 0.462. The Kier molecular flexibility index (Phi) is 4.89. The summed E-state index contributed by atoms with van der Waals surface area (Å²) < 4.78 is 21.0. The summed E-state index contributed by atoms with van der Waals surface area (Å²) in [6.45, 7) is 2.39. The van der Waals surface area contributed by atoms with Gasteiger partial charge in [0.05, 0.1) is 7.11 Å². The van der Waals surface area contributed by atoms with E-state index in [-0.39, 0.29) is 6.61 Å². The van der Waals surface area contributed by atoms with Crippen molar-refractivity contribution in [2.45, 2.75) is 6.54 Å². The highest BCUT2D eigenvalue weighted by Gasteiger charge is 2.18. The maximum absolute atomic E-state index is 10.4. The third-order valence-corrected chi connectivity index (χ3v) is 2.74. The molecule has 0 bridgehead atoms. The van der Waals surface area contributed by atoms with Gasteiger partial charge in [0, 0.05) is 13.1 Å². The molecule has 1 aromatic rings. The molecule has 1 heterocycles. The van der Waals surface area contributed by atoms with Crippen molar-refractivity contribution in [2.24, 2.45) is 5.73 Å². The number of nitrogens with one attached hydrogen (secondary N) is 1. The molecule has 0 atom stereocenters. The second kappa shape index (κ2) is 6.85. The first-order valence-corrected chi connectivity index (χ1v) is 6.30. The lowest BCUT2D eigenvalue weighted by Gasteiger charge is -2.21. The van der Waals surface area contributed by atoms with Gasteiger partial charge in [-0.05, 0) is 17.7 Å². The van der Waals surface area contributed by atoms with E-state index in [1.807, 2.05) is 12.1 Å². The number of nitrogens with two attached hydrogens (primary N) is 1. The molecule has 1 aliphatic heterocycles. The first-order chi connectivity index (χ1) is 9.70. The number of primary amides is 1. The minimum Gasteiger partial charge on any atom is -0.493 e. The summed E-state index contributed by atoms with van der Waals surface area (Å²) in [7, 11) is 1.59. The second-order valence-corrected chi connectivity index (χ2v) is 4.17. The van der Waals surface area contributed by atoms with E-state index >= 15 is 0 Å². The Bertz CT molecular complexity index is 461. The van der Waals surface area contributed by atoms with Crippen LogP contribution in [0.3, 0.4) is 0 Å². The average molecular weight is 282 g/mol. The molecule has 0 aromatic heterocycles. The van der Waals surface area contributed by atoms with E-state index in [1.54, 1.807) is 7.11 Å². The summed E-state index contributed by atoms with van der Waals surface area (Å²) in [5.41, 5.74) is 5.85. The van der Waals surface area contributed by atoms with Crippen LogP contribution in [0.4, 0.5) is 4.79 Å². The summed E-state index contributed by atoms with van der Waals surface area (Å²) in [6, 6.07) is 3.79. The zero-order chi connectivity index (χ0) is 14.4. The first kappa shape index (κ1) is 14.3. The van der Waals surface area contributed by atoms with Crippen molar-refractivity contribution < 1.29 is 23.7 Å². The van der Waals surface area contributed by atoms with Gasteiger partial charge < -0.3 is 30.0 Å². The standard InChI is InChI=1S/C13H18N2O5/c1-17-10-6-9(8-15-2-3-20-13(14)16)7-11-12(10)19-5-4-18-11/h6-7,15H,2-5,8H2,1H3,(H2,14,16). The molecule has 0 aliphatic carbocycles. The summed E-state index contributed by atoms with van der Waals surface area (Å²) in [6.07, 6.45) is -0.771. The van der Waals surface area contributed by atoms with E-state index in [0.717, 1.165) is 5.56 Å². The van der Waals surface area contributed by atoms with E-state index in [1.165, 1.54) is 0 Å². The number of ether oxygens (including phenoxy) is 4. The predicted molar refractivity (Wildman–Crippen MR) is 71.2 cm³/mol. The number of rotatable bonds is 6. The van der Waals surface area contributed by atoms with Crippen LogP contribution in [0.15, 0.2) is 12.1 Å². The van der Waals surface area contributed by atoms with Crippen LogP contribution in [-0.2, 0) is 11.3 Å². The maximum Gasteiger partial charge on any atom is 0.404 e. The van der Waals surface area contributed by atoms with Crippen LogP contribution in [0.2, 0.25) is 0 Å². The van der Waals surface area contributed by atoms with Crippen molar-refractivity contribution in [3.8, 4) is 17.2 Å². The van der Waals surface area contributed by atoms with E-state index in [9.17, 15) is 4.79 Å². The molecule has 0 saturated heterocycles. The molecule has 110 valence electrons. The highest BCUT2D eigenvalue weighted by atomic mass is 16.6. The van der Waals surface area contributed by atoms with Gasteiger partial charge in [-0.15, -0.1) is 0 Å². The van der Waals surface area contributed by atoms with Crippen LogP contribution in [-0.4, -0.2) is 39.6 Å². The number of amides is 1. The van der Waals surface area contributed by atoms with Gasteiger partial charge in [-0.25, -0.2) is 4.79 Å². The number of hydrogen-bond donors (Lipinski definition) is 2. The van der Waals surface area contributed by atoms with E-state index < -0.39 is 6.09 Å². The lowest BCUT2D eigenvalue weighted by molar-refractivity contribution is 0.157. The molecule has 1 aliphatic rings. The third kappa shape index (κ3) is 3.67. The Hall–Kier alpha value is -2.15. The van der Waals surface area contributed by atoms with Crippen LogP contribution in [0.5, 0.6) is 17.2 Å². The van der Waals surface area contributed by atoms with Gasteiger partial charge in [0.25, 0.3) is 0 Å². The molecule has 0 spiro atoms. The minimum atomic E-state index is -0.771. The predicted octanol–water partition coefficient (Wildman–Crippen LogP) is 0.651. The van der Waals surface area contributed by atoms with Gasteiger partial charge in [-0.2, -0.15) is 0 Å². The largest absolute Gasteiger partial charge is 0.493 e. The van der Waals surface area contributed by atoms with Crippen molar-refractivity contribution in [3.05, 3.63) is 17.7 Å². The highest BCUT2D eigenvalue weighted by Crippen LogP contribution is 2.40. The number of methoxy groups -OCH3 is 1. The molecule has 1 aromatic carbocycles. The first-order valence-electron chi connectivity index (χ1n) is 6.30. The molecular formula is C13H18N2O5. The van der Waals surface area contributed by atoms with Crippen LogP contribution in [0.25, 0.3) is 0 Å². The van der Waals surface area contributed by atoms with Crippen LogP contribution < -0.4 is 25.3 Å². The van der Waals surface area contributed by atoms with Crippen molar-refractivity contribution in [2.75, 3.05) is 33.5 Å². The summed E-state index contributed by atoms with van der Waals surface area (Å²) in [4.78, 5) is 10.4. The van der Waals surface area contributed by atoms with E-state index in [0.29, 0.717) is 43.6 Å². The zero-order valence-electron chi connectivity index (χ0n) is 11.3. The number of carbonyl (C=O) groups is 1. The Balaban J connectivity index is 1.93. The fourth-order valence-corrected chi connectivity index (χ4v) is 1.89. The molecule has 3 N–H and O–H groups in total. The minimum absolute atomic E-state index is 0.233. The van der Waals surface area contributed by atoms with Gasteiger partial charge >= 0.3 is 6.09 Å². The molecule has 7 nitrogen and oxygen atoms in total. The van der Waals surface area contributed by atoms with Crippen LogP contribution >= 0.6 is 0 Å². The Morgan fingerprint density at radius 1 is 1.40 bits per heavy atom. The van der Waals surface area contributed by atoms with Crippen LogP contribution in [0, 0.1) is 0 Å². The van der Waals surface area contributed by atoms with Crippen molar-refractivity contribution >= 4 is 6.09 Å². The Morgan fingerprint density at radius 3 is 2.95 bits per heavy atom. The van der Waals surface area contributed by atoms with Crippen molar-refractivity contribution in [1.82, 2.24) is 5.32 Å². The van der Waals surface area contributed by atoms with Crippen molar-refractivity contribution in [1.29, 1.82) is 0 Å². The summed E-state index contributed by atoms with van der Waals surface area (Å²) in [5.74, 6) is 1.97. The van der Waals surface area contributed by atoms with Gasteiger partial charge in [0.1, 0.15) is 19.8 Å². The SMILES string of the molecule is COc1cc(CNCCOC(N)=O)cc2c1OCCO2. The van der Waals surface area contributed by atoms with E-state index in [2.05, 4.69) is 10.1 Å². The quantitative estimate of drug-likeness (QED) is 0.744. The molecule has 0 unspecified atom stereocenters. The Morgan fingerprint density at radius 2 is 2.20 bits per heavy atom. The molecule has 2 rings (SSSR count). The zero-order valence-corrected chi connectivity index (χ0v) is 11.3. The number of benzene rings is 1. The van der Waals surface area contributed by atoms with E-state index in [4.69, 9.17) is 19.9 Å². The second-order valence-electron chi connectivity index (χ2n) is 4.17. The highest BCUT2D eigenvalue weighted by molar-refractivity contribution is 5.64. The topological polar surface area (TPSA) is 92.0 Å². The van der Waals surface area contributed by atoms with Crippen molar-refractivity contribution in [3.63, 3.8) is 0 Å². The monoisotopic (exact) mass is 282 g/mol. The molecule has 7 heteroatoms. The molecule has 20 heavy (non-hydrogen) atoms. The molecular weight excluding hydrogens is 264 g/mol. The van der Waals surface area contributed by atoms with Crippen LogP contribution in [0.1, 0.15) is 5.56 Å². The average Bonchev–Trinajstić information content (AvgIpc) is 2.45. The number of fused-ring (bicyclic) bond motifs is 1. The maximum atomic E-state index is 10.4. The fourth-order valence-electron chi connectivity index (χ4n) is 1.89. The summed E-state index contributed by atoms with van der Waals surface area (Å²) in [5, 5.41) is 3.13. The normalized spacial score (nSPS) is 12.8. The smallest absolute Gasteiger partial charge is 0.404 e. The summed E-state index contributed by atoms with van der Waals surface area (Å²) >= 11 is 0. The number of carbonyl (C=O) groups excluding carboxylic acids is 1. The lowest BCUT2D eigenvalue weighted by atomic mass is 10.1. The third-order valence-electron chi connectivity index (χ3n) is 2.74. The van der Waals surface area contributed by atoms with Gasteiger partial charge in [-0.1, -0.05) is 0 Å². The molecule has 0 saturated carbocycles. The molecule has 0 radical (unpaired) electrons. The van der Waals surface area contributed by atoms with Gasteiger partial charge in [-0.3, -0.25) is 0 Å². The molecule has 1 amide bonds. The Labute approximate surface area is 116 Å². The van der Waals surface area contributed by atoms with Gasteiger partial charge in [0.15, 0.2) is 11.5 Å². The molecule has 0 fully saturated rings. The van der Waals surface area contributed by atoms with Gasteiger partial charge in [0.2, 0.25) is 5.75 Å². The number of hydrogen-bond acceptors (Lipinski definition) is 6.